The Morgan fingerprint density at radius 3 is 2.76 bits per heavy atom. The van der Waals surface area contributed by atoms with Crippen LogP contribution in [0.2, 0.25) is 0 Å². The van der Waals surface area contributed by atoms with E-state index in [1.54, 1.807) is 0 Å². The number of phenolic OH excluding ortho intramolecular Hbond substituents is 1. The van der Waals surface area contributed by atoms with Crippen LogP contribution in [0.3, 0.4) is 0 Å². The molecule has 0 saturated heterocycles. The molecule has 1 N–H and O–H groups in total. The predicted molar refractivity (Wildman–Crippen MR) is 71.6 cm³/mol. The Morgan fingerprint density at radius 1 is 1.29 bits per heavy atom. The molecule has 2 nitrogen and oxygen atoms in total. The molecule has 1 aliphatic rings. The van der Waals surface area contributed by atoms with Crippen molar-refractivity contribution < 1.29 is 5.11 Å². The molecule has 1 atom stereocenters. The second-order valence-electron chi connectivity index (χ2n) is 4.96. The van der Waals surface area contributed by atoms with Gasteiger partial charge in [0.15, 0.2) is 0 Å². The molecule has 0 fully saturated rings. The number of aryl methyl sites for hydroxylation is 1. The van der Waals surface area contributed by atoms with Crippen molar-refractivity contribution in [3.63, 3.8) is 0 Å². The highest BCUT2D eigenvalue weighted by molar-refractivity contribution is 5.38. The third-order valence-electron chi connectivity index (χ3n) is 3.94. The minimum atomic E-state index is 0.409. The molecule has 1 aromatic carbocycles. The number of benzene rings is 1. The van der Waals surface area contributed by atoms with E-state index in [1.807, 2.05) is 12.1 Å². The molecule has 1 unspecified atom stereocenters. The highest BCUT2D eigenvalue weighted by Crippen LogP contribution is 2.33. The van der Waals surface area contributed by atoms with Gasteiger partial charge in [-0.05, 0) is 61.5 Å². The van der Waals surface area contributed by atoms with Gasteiger partial charge < -0.3 is 10.0 Å². The minimum absolute atomic E-state index is 0.409. The van der Waals surface area contributed by atoms with Gasteiger partial charge in [-0.2, -0.15) is 0 Å². The first-order chi connectivity index (χ1) is 8.24. The third kappa shape index (κ3) is 2.81. The van der Waals surface area contributed by atoms with E-state index in [-0.39, 0.29) is 0 Å². The molecular formula is C15H23NO. The van der Waals surface area contributed by atoms with E-state index in [4.69, 9.17) is 0 Å². The summed E-state index contributed by atoms with van der Waals surface area (Å²) in [4.78, 5) is 2.49. The van der Waals surface area contributed by atoms with E-state index in [0.29, 0.717) is 11.7 Å². The van der Waals surface area contributed by atoms with Crippen LogP contribution in [0.5, 0.6) is 5.75 Å². The summed E-state index contributed by atoms with van der Waals surface area (Å²) >= 11 is 0. The van der Waals surface area contributed by atoms with Crippen molar-refractivity contribution in [1.29, 1.82) is 0 Å². The first kappa shape index (κ1) is 12.4. The summed E-state index contributed by atoms with van der Waals surface area (Å²) in [6.45, 7) is 7.86. The summed E-state index contributed by atoms with van der Waals surface area (Å²) in [6.07, 6.45) is 3.66. The van der Waals surface area contributed by atoms with Gasteiger partial charge >= 0.3 is 0 Å². The first-order valence-electron chi connectivity index (χ1n) is 6.78. The maximum atomic E-state index is 9.54. The van der Waals surface area contributed by atoms with E-state index in [0.717, 1.165) is 26.1 Å². The fourth-order valence-electron chi connectivity index (χ4n) is 2.88. The van der Waals surface area contributed by atoms with Crippen molar-refractivity contribution in [2.75, 3.05) is 19.6 Å². The maximum absolute atomic E-state index is 9.54. The molecular weight excluding hydrogens is 210 g/mol. The number of hydrogen-bond acceptors (Lipinski definition) is 2. The van der Waals surface area contributed by atoms with Crippen LogP contribution in [0.1, 0.15) is 43.7 Å². The smallest absolute Gasteiger partial charge is 0.115 e. The van der Waals surface area contributed by atoms with Gasteiger partial charge in [0, 0.05) is 6.54 Å². The monoisotopic (exact) mass is 233 g/mol. The molecule has 0 amide bonds. The summed E-state index contributed by atoms with van der Waals surface area (Å²) in [6, 6.07) is 5.90. The van der Waals surface area contributed by atoms with Crippen molar-refractivity contribution >= 4 is 0 Å². The number of fused-ring (bicyclic) bond motifs is 1. The highest BCUT2D eigenvalue weighted by Gasteiger charge is 2.21. The summed E-state index contributed by atoms with van der Waals surface area (Å²) in [7, 11) is 0. The zero-order chi connectivity index (χ0) is 12.3. The standard InChI is InChI=1S/C15H23NO/c1-3-16(4-2)11-13-7-5-6-12-10-14(17)8-9-15(12)13/h8-10,13,17H,3-7,11H2,1-2H3. The fraction of sp³-hybridized carbons (Fsp3) is 0.600. The van der Waals surface area contributed by atoms with E-state index < -0.39 is 0 Å². The van der Waals surface area contributed by atoms with E-state index in [9.17, 15) is 5.11 Å². The SMILES string of the molecule is CCN(CC)CC1CCCc2cc(O)ccc21. The molecule has 17 heavy (non-hydrogen) atoms. The van der Waals surface area contributed by atoms with Crippen LogP contribution in [0, 0.1) is 0 Å². The quantitative estimate of drug-likeness (QED) is 0.863. The molecule has 0 radical (unpaired) electrons. The zero-order valence-corrected chi connectivity index (χ0v) is 10.9. The molecule has 2 rings (SSSR count). The lowest BCUT2D eigenvalue weighted by atomic mass is 9.82. The normalized spacial score (nSPS) is 19.4. The molecule has 0 aliphatic heterocycles. The minimum Gasteiger partial charge on any atom is -0.508 e. The maximum Gasteiger partial charge on any atom is 0.115 e. The number of nitrogens with zero attached hydrogens (tertiary/aromatic N) is 1. The van der Waals surface area contributed by atoms with E-state index in [1.165, 1.54) is 24.0 Å². The van der Waals surface area contributed by atoms with Crippen molar-refractivity contribution in [3.8, 4) is 5.75 Å². The summed E-state index contributed by atoms with van der Waals surface area (Å²) in [5.74, 6) is 1.06. The molecule has 2 heteroatoms. The Labute approximate surface area is 104 Å². The Hall–Kier alpha value is -1.02. The lowest BCUT2D eigenvalue weighted by molar-refractivity contribution is 0.272. The Bertz CT molecular complexity index is 371. The lowest BCUT2D eigenvalue weighted by Gasteiger charge is -2.30. The van der Waals surface area contributed by atoms with Crippen molar-refractivity contribution in [2.24, 2.45) is 0 Å². The zero-order valence-electron chi connectivity index (χ0n) is 10.9. The summed E-state index contributed by atoms with van der Waals surface area (Å²) < 4.78 is 0. The van der Waals surface area contributed by atoms with Crippen LogP contribution in [0.25, 0.3) is 0 Å². The number of rotatable bonds is 4. The second kappa shape index (κ2) is 5.54. The second-order valence-corrected chi connectivity index (χ2v) is 4.96. The molecule has 94 valence electrons. The molecule has 1 aromatic rings. The fourth-order valence-corrected chi connectivity index (χ4v) is 2.88. The van der Waals surface area contributed by atoms with Gasteiger partial charge in [-0.15, -0.1) is 0 Å². The number of aromatic hydroxyl groups is 1. The Kier molecular flexibility index (Phi) is 4.06. The van der Waals surface area contributed by atoms with E-state index in [2.05, 4.69) is 24.8 Å². The van der Waals surface area contributed by atoms with Crippen molar-refractivity contribution in [2.45, 2.75) is 39.0 Å². The van der Waals surface area contributed by atoms with Crippen LogP contribution in [0.15, 0.2) is 18.2 Å². The Balaban J connectivity index is 2.16. The molecule has 0 spiro atoms. The van der Waals surface area contributed by atoms with Gasteiger partial charge in [-0.1, -0.05) is 19.9 Å². The van der Waals surface area contributed by atoms with Crippen molar-refractivity contribution in [3.05, 3.63) is 29.3 Å². The van der Waals surface area contributed by atoms with Gasteiger partial charge in [0.1, 0.15) is 5.75 Å². The highest BCUT2D eigenvalue weighted by atomic mass is 16.3. The summed E-state index contributed by atoms with van der Waals surface area (Å²) in [5, 5.41) is 9.54. The lowest BCUT2D eigenvalue weighted by Crippen LogP contribution is -2.29. The number of hydrogen-bond donors (Lipinski definition) is 1. The number of phenols is 1. The predicted octanol–water partition coefficient (Wildman–Crippen LogP) is 3.15. The Morgan fingerprint density at radius 2 is 2.06 bits per heavy atom. The molecule has 1 aliphatic carbocycles. The van der Waals surface area contributed by atoms with Crippen molar-refractivity contribution in [1.82, 2.24) is 4.90 Å². The van der Waals surface area contributed by atoms with Crippen LogP contribution < -0.4 is 0 Å². The molecule has 0 heterocycles. The van der Waals surface area contributed by atoms with Gasteiger partial charge in [0.05, 0.1) is 0 Å². The molecule has 0 aromatic heterocycles. The van der Waals surface area contributed by atoms with Crippen LogP contribution in [0.4, 0.5) is 0 Å². The summed E-state index contributed by atoms with van der Waals surface area (Å²) in [5.41, 5.74) is 2.81. The van der Waals surface area contributed by atoms with Gasteiger partial charge in [-0.25, -0.2) is 0 Å². The molecule has 0 bridgehead atoms. The van der Waals surface area contributed by atoms with Crippen LogP contribution in [-0.2, 0) is 6.42 Å². The van der Waals surface area contributed by atoms with Gasteiger partial charge in [0.25, 0.3) is 0 Å². The van der Waals surface area contributed by atoms with Crippen LogP contribution >= 0.6 is 0 Å². The topological polar surface area (TPSA) is 23.5 Å². The third-order valence-corrected chi connectivity index (χ3v) is 3.94. The van der Waals surface area contributed by atoms with Gasteiger partial charge in [0.2, 0.25) is 0 Å². The first-order valence-corrected chi connectivity index (χ1v) is 6.78. The van der Waals surface area contributed by atoms with E-state index >= 15 is 0 Å². The molecule has 0 saturated carbocycles. The largest absolute Gasteiger partial charge is 0.508 e. The number of likely N-dealkylation sites (N-methyl/N-ethyl adjacent to an activating group) is 1. The van der Waals surface area contributed by atoms with Crippen LogP contribution in [-0.4, -0.2) is 29.6 Å². The average Bonchev–Trinajstić information content (AvgIpc) is 2.35. The average molecular weight is 233 g/mol. The van der Waals surface area contributed by atoms with Gasteiger partial charge in [-0.3, -0.25) is 0 Å².